The van der Waals surface area contributed by atoms with E-state index in [1.54, 1.807) is 7.05 Å². The summed E-state index contributed by atoms with van der Waals surface area (Å²) in [6.45, 7) is 4.45. The Morgan fingerprint density at radius 2 is 2.00 bits per heavy atom. The van der Waals surface area contributed by atoms with Gasteiger partial charge in [0, 0.05) is 13.5 Å². The molecule has 0 radical (unpaired) electrons. The Labute approximate surface area is 82.1 Å². The van der Waals surface area contributed by atoms with Gasteiger partial charge in [0.05, 0.1) is 0 Å². The summed E-state index contributed by atoms with van der Waals surface area (Å²) in [5, 5.41) is 2.65. The van der Waals surface area contributed by atoms with E-state index in [2.05, 4.69) is 19.2 Å². The summed E-state index contributed by atoms with van der Waals surface area (Å²) in [6.07, 6.45) is 6.90. The second kappa shape index (κ2) is 8.09. The van der Waals surface area contributed by atoms with Crippen LogP contribution in [0.5, 0.6) is 0 Å². The fourth-order valence-corrected chi connectivity index (χ4v) is 1.39. The number of nitrogens with one attached hydrogen (secondary N) is 1. The topological polar surface area (TPSA) is 29.1 Å². The Hall–Kier alpha value is -0.530. The fraction of sp³-hybridized carbons (Fsp3) is 0.909. The van der Waals surface area contributed by atoms with E-state index in [1.165, 1.54) is 25.7 Å². The maximum Gasteiger partial charge on any atom is 0.219 e. The van der Waals surface area contributed by atoms with Crippen molar-refractivity contribution in [1.29, 1.82) is 0 Å². The van der Waals surface area contributed by atoms with E-state index in [4.69, 9.17) is 0 Å². The maximum atomic E-state index is 10.9. The quantitative estimate of drug-likeness (QED) is 0.607. The second-order valence-corrected chi connectivity index (χ2v) is 3.81. The summed E-state index contributed by atoms with van der Waals surface area (Å²) in [7, 11) is 1.70. The molecule has 1 unspecified atom stereocenters. The van der Waals surface area contributed by atoms with E-state index >= 15 is 0 Å². The molecule has 0 heterocycles. The van der Waals surface area contributed by atoms with Gasteiger partial charge in [-0.3, -0.25) is 4.79 Å². The molecule has 0 spiro atoms. The zero-order valence-electron chi connectivity index (χ0n) is 9.23. The normalized spacial score (nSPS) is 12.5. The van der Waals surface area contributed by atoms with Crippen LogP contribution in [0.25, 0.3) is 0 Å². The van der Waals surface area contributed by atoms with Crippen LogP contribution >= 0.6 is 0 Å². The van der Waals surface area contributed by atoms with E-state index in [-0.39, 0.29) is 5.91 Å². The van der Waals surface area contributed by atoms with Crippen molar-refractivity contribution in [3.63, 3.8) is 0 Å². The van der Waals surface area contributed by atoms with E-state index < -0.39 is 0 Å². The molecule has 0 aromatic carbocycles. The summed E-state index contributed by atoms with van der Waals surface area (Å²) < 4.78 is 0. The summed E-state index contributed by atoms with van der Waals surface area (Å²) in [5.74, 6) is 0.867. The van der Waals surface area contributed by atoms with Crippen LogP contribution in [0.2, 0.25) is 0 Å². The van der Waals surface area contributed by atoms with Crippen LogP contribution in [0.3, 0.4) is 0 Å². The lowest BCUT2D eigenvalue weighted by Gasteiger charge is -2.09. The van der Waals surface area contributed by atoms with Gasteiger partial charge < -0.3 is 5.32 Å². The highest BCUT2D eigenvalue weighted by atomic mass is 16.1. The number of carbonyl (C=O) groups is 1. The summed E-state index contributed by atoms with van der Waals surface area (Å²) >= 11 is 0. The van der Waals surface area contributed by atoms with Crippen molar-refractivity contribution in [3.05, 3.63) is 0 Å². The monoisotopic (exact) mass is 185 g/mol. The van der Waals surface area contributed by atoms with Crippen LogP contribution in [-0.4, -0.2) is 13.0 Å². The van der Waals surface area contributed by atoms with Gasteiger partial charge in [0.25, 0.3) is 0 Å². The van der Waals surface area contributed by atoms with Crippen LogP contribution in [0.15, 0.2) is 0 Å². The Bertz CT molecular complexity index is 134. The second-order valence-electron chi connectivity index (χ2n) is 3.81. The van der Waals surface area contributed by atoms with Gasteiger partial charge in [-0.2, -0.15) is 0 Å². The zero-order valence-corrected chi connectivity index (χ0v) is 9.23. The van der Waals surface area contributed by atoms with Crippen LogP contribution in [0.1, 0.15) is 52.4 Å². The Morgan fingerprint density at radius 1 is 1.31 bits per heavy atom. The predicted octanol–water partition coefficient (Wildman–Crippen LogP) is 2.73. The first-order chi connectivity index (χ1) is 6.20. The molecule has 0 aliphatic rings. The van der Waals surface area contributed by atoms with Crippen molar-refractivity contribution in [2.24, 2.45) is 5.92 Å². The third kappa shape index (κ3) is 7.82. The van der Waals surface area contributed by atoms with Crippen LogP contribution in [0, 0.1) is 5.92 Å². The molecular formula is C11H23NO. The van der Waals surface area contributed by atoms with Gasteiger partial charge in [-0.05, 0) is 12.3 Å². The largest absolute Gasteiger partial charge is 0.359 e. The van der Waals surface area contributed by atoms with Crippen molar-refractivity contribution in [3.8, 4) is 0 Å². The van der Waals surface area contributed by atoms with E-state index in [9.17, 15) is 4.79 Å². The SMILES string of the molecule is CCCCCC(C)CCC(=O)NC. The summed E-state index contributed by atoms with van der Waals surface area (Å²) in [5.41, 5.74) is 0. The predicted molar refractivity (Wildman–Crippen MR) is 56.6 cm³/mol. The minimum atomic E-state index is 0.169. The van der Waals surface area contributed by atoms with E-state index in [1.807, 2.05) is 0 Å². The van der Waals surface area contributed by atoms with Crippen molar-refractivity contribution < 1.29 is 4.79 Å². The molecule has 1 atom stereocenters. The lowest BCUT2D eigenvalue weighted by atomic mass is 9.98. The highest BCUT2D eigenvalue weighted by Gasteiger charge is 2.04. The van der Waals surface area contributed by atoms with Gasteiger partial charge in [-0.1, -0.05) is 39.5 Å². The first kappa shape index (κ1) is 12.5. The molecule has 0 rings (SSSR count). The minimum absolute atomic E-state index is 0.169. The average molecular weight is 185 g/mol. The van der Waals surface area contributed by atoms with Gasteiger partial charge in [0.15, 0.2) is 0 Å². The lowest BCUT2D eigenvalue weighted by molar-refractivity contribution is -0.120. The molecule has 0 saturated carbocycles. The molecular weight excluding hydrogens is 162 g/mol. The molecule has 0 bridgehead atoms. The number of hydrogen-bond donors (Lipinski definition) is 1. The number of unbranched alkanes of at least 4 members (excludes halogenated alkanes) is 2. The van der Waals surface area contributed by atoms with E-state index in [0.29, 0.717) is 12.3 Å². The molecule has 2 nitrogen and oxygen atoms in total. The van der Waals surface area contributed by atoms with Gasteiger partial charge in [0.2, 0.25) is 5.91 Å². The Kier molecular flexibility index (Phi) is 7.76. The van der Waals surface area contributed by atoms with Crippen LogP contribution in [-0.2, 0) is 4.79 Å². The summed E-state index contributed by atoms with van der Waals surface area (Å²) in [6, 6.07) is 0. The molecule has 13 heavy (non-hydrogen) atoms. The van der Waals surface area contributed by atoms with Crippen molar-refractivity contribution >= 4 is 5.91 Å². The molecule has 0 aromatic heterocycles. The zero-order chi connectivity index (χ0) is 10.1. The van der Waals surface area contributed by atoms with Crippen molar-refractivity contribution in [2.75, 3.05) is 7.05 Å². The molecule has 1 amide bonds. The van der Waals surface area contributed by atoms with Gasteiger partial charge in [-0.25, -0.2) is 0 Å². The highest BCUT2D eigenvalue weighted by molar-refractivity contribution is 5.75. The molecule has 78 valence electrons. The van der Waals surface area contributed by atoms with Gasteiger partial charge in [0.1, 0.15) is 0 Å². The van der Waals surface area contributed by atoms with Crippen LogP contribution < -0.4 is 5.32 Å². The number of rotatable bonds is 7. The number of carbonyl (C=O) groups excluding carboxylic acids is 1. The summed E-state index contributed by atoms with van der Waals surface area (Å²) in [4.78, 5) is 10.9. The maximum absolute atomic E-state index is 10.9. The molecule has 1 N–H and O–H groups in total. The molecule has 0 aliphatic heterocycles. The molecule has 2 heteroatoms. The average Bonchev–Trinajstić information content (AvgIpc) is 2.14. The van der Waals surface area contributed by atoms with Crippen molar-refractivity contribution in [1.82, 2.24) is 5.32 Å². The third-order valence-electron chi connectivity index (χ3n) is 2.44. The first-order valence-electron chi connectivity index (χ1n) is 5.41. The number of amides is 1. The first-order valence-corrected chi connectivity index (χ1v) is 5.41. The molecule has 0 aromatic rings. The Balaban J connectivity index is 3.29. The highest BCUT2D eigenvalue weighted by Crippen LogP contribution is 2.14. The Morgan fingerprint density at radius 3 is 2.54 bits per heavy atom. The fourth-order valence-electron chi connectivity index (χ4n) is 1.39. The molecule has 0 aliphatic carbocycles. The number of hydrogen-bond acceptors (Lipinski definition) is 1. The van der Waals surface area contributed by atoms with Crippen molar-refractivity contribution in [2.45, 2.75) is 52.4 Å². The minimum Gasteiger partial charge on any atom is -0.359 e. The third-order valence-corrected chi connectivity index (χ3v) is 2.44. The van der Waals surface area contributed by atoms with Gasteiger partial charge >= 0.3 is 0 Å². The van der Waals surface area contributed by atoms with Crippen LogP contribution in [0.4, 0.5) is 0 Å². The molecule has 0 saturated heterocycles. The van der Waals surface area contributed by atoms with Gasteiger partial charge in [-0.15, -0.1) is 0 Å². The lowest BCUT2D eigenvalue weighted by Crippen LogP contribution is -2.18. The standard InChI is InChI=1S/C11H23NO/c1-4-5-6-7-10(2)8-9-11(13)12-3/h10H,4-9H2,1-3H3,(H,12,13). The van der Waals surface area contributed by atoms with E-state index in [0.717, 1.165) is 6.42 Å². The molecule has 0 fully saturated rings. The smallest absolute Gasteiger partial charge is 0.219 e.